The Morgan fingerprint density at radius 2 is 1.75 bits per heavy atom. The van der Waals surface area contributed by atoms with Gasteiger partial charge in [0.25, 0.3) is 11.7 Å². The topological polar surface area (TPSA) is 46.2 Å². The maximum absolute atomic E-state index is 12.0. The second-order valence-electron chi connectivity index (χ2n) is 4.70. The number of carbonyl (C=O) groups excluding carboxylic acids is 2. The van der Waals surface area contributed by atoms with Gasteiger partial charge in [-0.1, -0.05) is 43.3 Å². The first-order valence-electron chi connectivity index (χ1n) is 6.61. The van der Waals surface area contributed by atoms with Gasteiger partial charge in [0, 0.05) is 11.3 Å². The second-order valence-corrected chi connectivity index (χ2v) is 4.70. The van der Waals surface area contributed by atoms with Crippen molar-refractivity contribution >= 4 is 17.4 Å². The van der Waals surface area contributed by atoms with Crippen LogP contribution in [0.2, 0.25) is 0 Å². The Bertz CT molecular complexity index is 630. The van der Waals surface area contributed by atoms with E-state index in [9.17, 15) is 9.59 Å². The van der Waals surface area contributed by atoms with E-state index in [1.54, 1.807) is 18.2 Å². The number of amides is 1. The van der Waals surface area contributed by atoms with Gasteiger partial charge >= 0.3 is 0 Å². The molecule has 0 aromatic heterocycles. The van der Waals surface area contributed by atoms with E-state index in [4.69, 9.17) is 0 Å². The lowest BCUT2D eigenvalue weighted by Gasteiger charge is -2.05. The molecule has 0 bridgehead atoms. The molecular weight excluding hydrogens is 250 g/mol. The molecule has 2 aromatic carbocycles. The molecule has 0 fully saturated rings. The summed E-state index contributed by atoms with van der Waals surface area (Å²) >= 11 is 0. The molecule has 0 saturated carbocycles. The zero-order valence-corrected chi connectivity index (χ0v) is 11.6. The number of hydrogen-bond donors (Lipinski definition) is 1. The summed E-state index contributed by atoms with van der Waals surface area (Å²) in [4.78, 5) is 23.9. The Kier molecular flexibility index (Phi) is 4.31. The first-order valence-corrected chi connectivity index (χ1v) is 6.61. The predicted octanol–water partition coefficient (Wildman–Crippen LogP) is 3.38. The van der Waals surface area contributed by atoms with Gasteiger partial charge in [0.05, 0.1) is 0 Å². The molecule has 1 N–H and O–H groups in total. The summed E-state index contributed by atoms with van der Waals surface area (Å²) in [6.07, 6.45) is 0.907. The van der Waals surface area contributed by atoms with Crippen molar-refractivity contribution in [3.63, 3.8) is 0 Å². The molecule has 0 atom stereocenters. The van der Waals surface area contributed by atoms with Crippen LogP contribution in [0.15, 0.2) is 48.5 Å². The van der Waals surface area contributed by atoms with Gasteiger partial charge in [-0.3, -0.25) is 9.59 Å². The molecule has 0 aliphatic rings. The molecule has 0 heterocycles. The molecule has 0 aliphatic heterocycles. The Hall–Kier alpha value is -2.42. The Labute approximate surface area is 118 Å². The lowest BCUT2D eigenvalue weighted by molar-refractivity contribution is -0.112. The minimum atomic E-state index is -0.611. The second kappa shape index (κ2) is 6.15. The van der Waals surface area contributed by atoms with Crippen LogP contribution in [0.25, 0.3) is 0 Å². The first-order chi connectivity index (χ1) is 9.60. The minimum Gasteiger partial charge on any atom is -0.319 e. The molecule has 0 radical (unpaired) electrons. The highest BCUT2D eigenvalue weighted by atomic mass is 16.2. The fourth-order valence-electron chi connectivity index (χ4n) is 1.93. The quantitative estimate of drug-likeness (QED) is 0.682. The minimum absolute atomic E-state index is 0.410. The van der Waals surface area contributed by atoms with Crippen molar-refractivity contribution in [1.29, 1.82) is 0 Å². The van der Waals surface area contributed by atoms with Gasteiger partial charge in [0.2, 0.25) is 0 Å². The molecule has 1 amide bonds. The Balaban J connectivity index is 2.10. The molecule has 0 saturated heterocycles. The van der Waals surface area contributed by atoms with Crippen molar-refractivity contribution in [3.05, 3.63) is 65.2 Å². The van der Waals surface area contributed by atoms with E-state index >= 15 is 0 Å². The van der Waals surface area contributed by atoms with Gasteiger partial charge < -0.3 is 5.32 Å². The van der Waals surface area contributed by atoms with Crippen molar-refractivity contribution in [2.45, 2.75) is 20.3 Å². The van der Waals surface area contributed by atoms with Gasteiger partial charge in [-0.15, -0.1) is 0 Å². The van der Waals surface area contributed by atoms with Crippen LogP contribution in [-0.2, 0) is 11.2 Å². The smallest absolute Gasteiger partial charge is 0.296 e. The molecule has 0 unspecified atom stereocenters. The number of ketones is 1. The highest BCUT2D eigenvalue weighted by Gasteiger charge is 2.16. The van der Waals surface area contributed by atoms with E-state index in [1.807, 2.05) is 44.2 Å². The number of anilines is 1. The van der Waals surface area contributed by atoms with E-state index in [-0.39, 0.29) is 0 Å². The van der Waals surface area contributed by atoms with E-state index in [1.165, 1.54) is 0 Å². The van der Waals surface area contributed by atoms with Crippen LogP contribution in [-0.4, -0.2) is 11.7 Å². The van der Waals surface area contributed by atoms with E-state index in [0.29, 0.717) is 11.3 Å². The fraction of sp³-hybridized carbons (Fsp3) is 0.176. The summed E-state index contributed by atoms with van der Waals surface area (Å²) in [5.41, 5.74) is 3.21. The van der Waals surface area contributed by atoms with Crippen molar-refractivity contribution in [2.24, 2.45) is 0 Å². The average Bonchev–Trinajstić information content (AvgIpc) is 2.46. The lowest BCUT2D eigenvalue weighted by atomic mass is 10.1. The molecule has 3 nitrogen and oxygen atoms in total. The molecule has 2 rings (SSSR count). The summed E-state index contributed by atoms with van der Waals surface area (Å²) < 4.78 is 0. The van der Waals surface area contributed by atoms with Gasteiger partial charge in [-0.2, -0.15) is 0 Å². The number of Topliss-reactive ketones (excluding diaryl/α,β-unsaturated/α-hetero) is 1. The van der Waals surface area contributed by atoms with Crippen molar-refractivity contribution in [2.75, 3.05) is 5.32 Å². The summed E-state index contributed by atoms with van der Waals surface area (Å²) in [6, 6.07) is 14.5. The third kappa shape index (κ3) is 3.32. The van der Waals surface area contributed by atoms with E-state index < -0.39 is 11.7 Å². The number of rotatable bonds is 4. The van der Waals surface area contributed by atoms with Crippen molar-refractivity contribution < 1.29 is 9.59 Å². The number of hydrogen-bond acceptors (Lipinski definition) is 2. The molecule has 2 aromatic rings. The highest BCUT2D eigenvalue weighted by Crippen LogP contribution is 2.11. The summed E-state index contributed by atoms with van der Waals surface area (Å²) in [6.45, 7) is 3.97. The third-order valence-corrected chi connectivity index (χ3v) is 3.11. The fourth-order valence-corrected chi connectivity index (χ4v) is 1.93. The molecule has 0 aliphatic carbocycles. The number of benzene rings is 2. The molecule has 3 heteroatoms. The normalized spacial score (nSPS) is 10.1. The Morgan fingerprint density at radius 1 is 1.05 bits per heavy atom. The first kappa shape index (κ1) is 14.0. The highest BCUT2D eigenvalue weighted by molar-refractivity contribution is 6.46. The van der Waals surface area contributed by atoms with Crippen LogP contribution >= 0.6 is 0 Å². The monoisotopic (exact) mass is 267 g/mol. The largest absolute Gasteiger partial charge is 0.319 e. The standard InChI is InChI=1S/C17H17NO2/c1-3-13-7-9-14(10-8-13)16(19)17(20)18-15-6-4-5-12(2)11-15/h4-11H,3H2,1-2H3,(H,18,20). The van der Waals surface area contributed by atoms with Crippen LogP contribution in [0.4, 0.5) is 5.69 Å². The number of nitrogens with one attached hydrogen (secondary N) is 1. The molecule has 20 heavy (non-hydrogen) atoms. The van der Waals surface area contributed by atoms with E-state index in [2.05, 4.69) is 5.32 Å². The zero-order chi connectivity index (χ0) is 14.5. The number of carbonyl (C=O) groups is 2. The van der Waals surface area contributed by atoms with E-state index in [0.717, 1.165) is 17.5 Å². The molecule has 0 spiro atoms. The van der Waals surface area contributed by atoms with Crippen molar-refractivity contribution in [3.8, 4) is 0 Å². The average molecular weight is 267 g/mol. The predicted molar refractivity (Wildman–Crippen MR) is 80.0 cm³/mol. The zero-order valence-electron chi connectivity index (χ0n) is 11.6. The van der Waals surface area contributed by atoms with Crippen LogP contribution in [0.3, 0.4) is 0 Å². The van der Waals surface area contributed by atoms with Crippen molar-refractivity contribution in [1.82, 2.24) is 0 Å². The summed E-state index contributed by atoms with van der Waals surface area (Å²) in [5.74, 6) is -1.13. The van der Waals surface area contributed by atoms with Gasteiger partial charge in [0.15, 0.2) is 0 Å². The Morgan fingerprint density at radius 3 is 2.35 bits per heavy atom. The summed E-state index contributed by atoms with van der Waals surface area (Å²) in [7, 11) is 0. The maximum Gasteiger partial charge on any atom is 0.296 e. The van der Waals surface area contributed by atoms with Crippen LogP contribution in [0.1, 0.15) is 28.4 Å². The number of aryl methyl sites for hydroxylation is 2. The van der Waals surface area contributed by atoms with Crippen LogP contribution in [0, 0.1) is 6.92 Å². The van der Waals surface area contributed by atoms with Gasteiger partial charge in [-0.05, 0) is 36.6 Å². The van der Waals surface area contributed by atoms with Crippen LogP contribution in [0.5, 0.6) is 0 Å². The lowest BCUT2D eigenvalue weighted by Crippen LogP contribution is -2.22. The third-order valence-electron chi connectivity index (χ3n) is 3.11. The van der Waals surface area contributed by atoms with Gasteiger partial charge in [-0.25, -0.2) is 0 Å². The maximum atomic E-state index is 12.0. The molecular formula is C17H17NO2. The van der Waals surface area contributed by atoms with Gasteiger partial charge in [0.1, 0.15) is 0 Å². The summed E-state index contributed by atoms with van der Waals surface area (Å²) in [5, 5.41) is 2.62. The van der Waals surface area contributed by atoms with Crippen LogP contribution < -0.4 is 5.32 Å². The molecule has 102 valence electrons. The SMILES string of the molecule is CCc1ccc(C(=O)C(=O)Nc2cccc(C)c2)cc1.